The third-order valence-electron chi connectivity index (χ3n) is 5.96. The number of nitrogens with zero attached hydrogens (tertiary/aromatic N) is 2. The monoisotopic (exact) mass is 637 g/mol. The van der Waals surface area contributed by atoms with Crippen molar-refractivity contribution in [1.82, 2.24) is 41.2 Å². The Morgan fingerprint density at radius 1 is 0.600 bits per heavy atom. The van der Waals surface area contributed by atoms with E-state index in [0.29, 0.717) is 11.4 Å². The van der Waals surface area contributed by atoms with Gasteiger partial charge >= 0.3 is 23.9 Å². The Kier molecular flexibility index (Phi) is 13.1. The van der Waals surface area contributed by atoms with E-state index in [9.17, 15) is 53.7 Å². The Morgan fingerprint density at radius 3 is 1.38 bits per heavy atom. The SMILES string of the molecule is N[C@@H](CC(=O)O)C(=O)N[C@@H](CC(=O)O)C(=O)N[C@@H](CC(=O)O)C(=O)N[C@@H](Cc1cnc[nH]1)C(=O)N[C@@H](Cc1cnc[nH]1)C(=O)O. The summed E-state index contributed by atoms with van der Waals surface area (Å²) in [6.45, 7) is 0. The fourth-order valence-corrected chi connectivity index (χ4v) is 3.79. The van der Waals surface area contributed by atoms with Crippen LogP contribution in [0, 0.1) is 0 Å². The number of imidazole rings is 2. The van der Waals surface area contributed by atoms with Gasteiger partial charge in [-0.05, 0) is 0 Å². The average molecular weight is 638 g/mol. The molecule has 0 saturated heterocycles. The number of amides is 4. The summed E-state index contributed by atoms with van der Waals surface area (Å²) >= 11 is 0. The highest BCUT2D eigenvalue weighted by atomic mass is 16.4. The summed E-state index contributed by atoms with van der Waals surface area (Å²) in [5, 5.41) is 45.4. The molecule has 0 aliphatic heterocycles. The molecule has 12 N–H and O–H groups in total. The topological polar surface area (TPSA) is 349 Å². The zero-order valence-corrected chi connectivity index (χ0v) is 23.3. The lowest BCUT2D eigenvalue weighted by Gasteiger charge is -2.25. The fraction of sp³-hybridized carbons (Fsp3) is 0.417. The molecule has 0 aliphatic carbocycles. The van der Waals surface area contributed by atoms with Gasteiger partial charge in [0.15, 0.2) is 0 Å². The standard InChI is InChI=1S/C24H31N9O12/c25-12(3-17(34)35)20(40)30-14(4-18(36)37)22(42)32-15(5-19(38)39)23(43)31-13(1-10-6-26-8-28-10)21(41)33-16(24(44)45)2-11-7-27-9-29-11/h6-9,12-16H,1-5,25H2,(H,26,28)(H,27,29)(H,30,40)(H,31,43)(H,32,42)(H,33,41)(H,34,35)(H,36,37)(H,38,39)(H,44,45)/t12-,13-,14-,15-,16-/m0/s1. The van der Waals surface area contributed by atoms with Crippen LogP contribution in [0.3, 0.4) is 0 Å². The van der Waals surface area contributed by atoms with Crippen molar-refractivity contribution in [3.05, 3.63) is 36.4 Å². The van der Waals surface area contributed by atoms with Crippen LogP contribution in [0.15, 0.2) is 25.0 Å². The van der Waals surface area contributed by atoms with Crippen LogP contribution in [-0.4, -0.2) is 118 Å². The molecule has 2 aromatic heterocycles. The van der Waals surface area contributed by atoms with E-state index in [1.807, 2.05) is 10.6 Å². The second-order valence-electron chi connectivity index (χ2n) is 9.54. The molecule has 21 nitrogen and oxygen atoms in total. The maximum atomic E-state index is 13.2. The zero-order chi connectivity index (χ0) is 33.7. The maximum Gasteiger partial charge on any atom is 0.326 e. The number of aromatic amines is 2. The van der Waals surface area contributed by atoms with Gasteiger partial charge in [0.25, 0.3) is 0 Å². The van der Waals surface area contributed by atoms with Crippen LogP contribution in [0.1, 0.15) is 30.7 Å². The molecule has 0 aliphatic rings. The number of carboxylic acids is 4. The number of H-pyrrole nitrogens is 2. The Morgan fingerprint density at radius 2 is 0.978 bits per heavy atom. The van der Waals surface area contributed by atoms with Crippen LogP contribution >= 0.6 is 0 Å². The lowest BCUT2D eigenvalue weighted by atomic mass is 10.1. The molecule has 0 radical (unpaired) electrons. The fourth-order valence-electron chi connectivity index (χ4n) is 3.79. The molecule has 0 fully saturated rings. The van der Waals surface area contributed by atoms with Gasteiger partial charge in [-0.15, -0.1) is 0 Å². The summed E-state index contributed by atoms with van der Waals surface area (Å²) in [5.74, 6) is -10.9. The first kappa shape index (κ1) is 35.3. The number of hydrogen-bond acceptors (Lipinski definition) is 11. The van der Waals surface area contributed by atoms with E-state index < -0.39 is 97.0 Å². The van der Waals surface area contributed by atoms with Gasteiger partial charge in [-0.1, -0.05) is 0 Å². The second-order valence-corrected chi connectivity index (χ2v) is 9.54. The van der Waals surface area contributed by atoms with Gasteiger partial charge in [0.2, 0.25) is 23.6 Å². The minimum Gasteiger partial charge on any atom is -0.481 e. The molecular formula is C24H31N9O12. The van der Waals surface area contributed by atoms with Crippen molar-refractivity contribution < 1.29 is 58.8 Å². The number of hydrogen-bond donors (Lipinski definition) is 11. The average Bonchev–Trinajstić information content (AvgIpc) is 3.65. The number of nitrogens with two attached hydrogens (primary N) is 1. The van der Waals surface area contributed by atoms with Crippen molar-refractivity contribution in [3.63, 3.8) is 0 Å². The third kappa shape index (κ3) is 12.1. The highest BCUT2D eigenvalue weighted by Gasteiger charge is 2.34. The minimum absolute atomic E-state index is 0.212. The van der Waals surface area contributed by atoms with Gasteiger partial charge in [0.05, 0.1) is 38.0 Å². The molecule has 0 bridgehead atoms. The van der Waals surface area contributed by atoms with Crippen LogP contribution in [0.2, 0.25) is 0 Å². The smallest absolute Gasteiger partial charge is 0.326 e. The van der Waals surface area contributed by atoms with Gasteiger partial charge in [0, 0.05) is 36.6 Å². The van der Waals surface area contributed by atoms with Crippen molar-refractivity contribution in [2.24, 2.45) is 5.73 Å². The summed E-state index contributed by atoms with van der Waals surface area (Å²) in [6.07, 6.45) is 1.71. The van der Waals surface area contributed by atoms with Crippen LogP contribution in [0.25, 0.3) is 0 Å². The molecule has 0 spiro atoms. The van der Waals surface area contributed by atoms with E-state index in [-0.39, 0.29) is 12.8 Å². The number of nitrogens with one attached hydrogen (secondary N) is 6. The van der Waals surface area contributed by atoms with Crippen LogP contribution < -0.4 is 27.0 Å². The molecule has 2 heterocycles. The summed E-state index contributed by atoms with van der Waals surface area (Å²) in [6, 6.07) is -8.55. The van der Waals surface area contributed by atoms with Crippen molar-refractivity contribution >= 4 is 47.5 Å². The van der Waals surface area contributed by atoms with Crippen LogP contribution in [0.4, 0.5) is 0 Å². The van der Waals surface area contributed by atoms with Crippen molar-refractivity contribution in [2.45, 2.75) is 62.3 Å². The maximum absolute atomic E-state index is 13.2. The van der Waals surface area contributed by atoms with E-state index in [2.05, 4.69) is 30.6 Å². The Labute approximate surface area is 252 Å². The van der Waals surface area contributed by atoms with Crippen LogP contribution in [0.5, 0.6) is 0 Å². The molecule has 0 saturated carbocycles. The third-order valence-corrected chi connectivity index (χ3v) is 5.96. The molecule has 21 heteroatoms. The Bertz CT molecular complexity index is 1380. The number of carboxylic acid groups (broad SMARTS) is 4. The number of aliphatic carboxylic acids is 4. The molecular weight excluding hydrogens is 606 g/mol. The molecule has 5 atom stereocenters. The molecule has 0 unspecified atom stereocenters. The van der Waals surface area contributed by atoms with Gasteiger partial charge in [-0.25, -0.2) is 14.8 Å². The predicted molar refractivity (Wildman–Crippen MR) is 145 cm³/mol. The first-order valence-corrected chi connectivity index (χ1v) is 13.0. The van der Waals surface area contributed by atoms with Gasteiger partial charge in [-0.3, -0.25) is 33.6 Å². The Balaban J connectivity index is 2.26. The summed E-state index contributed by atoms with van der Waals surface area (Å²) < 4.78 is 0. The summed E-state index contributed by atoms with van der Waals surface area (Å²) in [5.41, 5.74) is 6.11. The minimum atomic E-state index is -1.94. The first-order valence-electron chi connectivity index (χ1n) is 13.0. The number of aromatic nitrogens is 4. The zero-order valence-electron chi connectivity index (χ0n) is 23.3. The van der Waals surface area contributed by atoms with Crippen molar-refractivity contribution in [1.29, 1.82) is 0 Å². The molecule has 0 aromatic carbocycles. The van der Waals surface area contributed by atoms with Gasteiger partial charge in [0.1, 0.15) is 24.2 Å². The van der Waals surface area contributed by atoms with Gasteiger partial charge < -0.3 is 57.4 Å². The number of carbonyl (C=O) groups excluding carboxylic acids is 4. The molecule has 2 aromatic rings. The predicted octanol–water partition coefficient (Wildman–Crippen LogP) is -4.31. The lowest BCUT2D eigenvalue weighted by Crippen LogP contribution is -2.59. The number of rotatable bonds is 19. The van der Waals surface area contributed by atoms with E-state index in [4.69, 9.17) is 10.8 Å². The molecule has 244 valence electrons. The van der Waals surface area contributed by atoms with Gasteiger partial charge in [-0.2, -0.15) is 0 Å². The lowest BCUT2D eigenvalue weighted by molar-refractivity contribution is -0.144. The Hall–Kier alpha value is -5.86. The summed E-state index contributed by atoms with van der Waals surface area (Å²) in [7, 11) is 0. The normalized spacial score (nSPS) is 14.1. The van der Waals surface area contributed by atoms with Crippen molar-refractivity contribution in [2.75, 3.05) is 0 Å². The summed E-state index contributed by atoms with van der Waals surface area (Å²) in [4.78, 5) is 110. The largest absolute Gasteiger partial charge is 0.481 e. The van der Waals surface area contributed by atoms with E-state index in [1.165, 1.54) is 25.0 Å². The number of carbonyl (C=O) groups is 8. The van der Waals surface area contributed by atoms with E-state index in [1.54, 1.807) is 0 Å². The second kappa shape index (κ2) is 16.7. The molecule has 45 heavy (non-hydrogen) atoms. The van der Waals surface area contributed by atoms with Crippen LogP contribution in [-0.2, 0) is 51.2 Å². The molecule has 2 rings (SSSR count). The van der Waals surface area contributed by atoms with Crippen molar-refractivity contribution in [3.8, 4) is 0 Å². The van der Waals surface area contributed by atoms with E-state index in [0.717, 1.165) is 0 Å². The molecule has 4 amide bonds. The van der Waals surface area contributed by atoms with E-state index >= 15 is 0 Å². The quantitative estimate of drug-likeness (QED) is 0.0694. The highest BCUT2D eigenvalue weighted by Crippen LogP contribution is 2.06. The highest BCUT2D eigenvalue weighted by molar-refractivity contribution is 5.98. The first-order chi connectivity index (χ1) is 21.2.